The van der Waals surface area contributed by atoms with Crippen molar-refractivity contribution in [3.05, 3.63) is 35.4 Å². The Morgan fingerprint density at radius 2 is 1.84 bits per heavy atom. The summed E-state index contributed by atoms with van der Waals surface area (Å²) in [6.07, 6.45) is -2.88. The monoisotopic (exact) mass is 357 g/mol. The lowest BCUT2D eigenvalue weighted by molar-refractivity contribution is -0.148. The van der Waals surface area contributed by atoms with Gasteiger partial charge in [-0.15, -0.1) is 0 Å². The maximum Gasteiger partial charge on any atom is 0.416 e. The maximum atomic E-state index is 12.7. The van der Waals surface area contributed by atoms with Crippen molar-refractivity contribution in [2.45, 2.75) is 45.3 Å². The zero-order chi connectivity index (χ0) is 18.8. The molecule has 0 spiro atoms. The molecule has 1 heterocycles. The van der Waals surface area contributed by atoms with Crippen LogP contribution in [0.1, 0.15) is 37.8 Å². The summed E-state index contributed by atoms with van der Waals surface area (Å²) < 4.78 is 37.8. The number of hydrogen-bond donors (Lipinski definition) is 1. The van der Waals surface area contributed by atoms with Gasteiger partial charge in [0.1, 0.15) is 0 Å². The van der Waals surface area contributed by atoms with Gasteiger partial charge in [0.2, 0.25) is 5.91 Å². The van der Waals surface area contributed by atoms with Gasteiger partial charge in [0.25, 0.3) is 0 Å². The van der Waals surface area contributed by atoms with Crippen LogP contribution in [0.4, 0.5) is 13.2 Å². The van der Waals surface area contributed by atoms with Crippen LogP contribution in [-0.2, 0) is 22.2 Å². The molecule has 4 nitrogen and oxygen atoms in total. The Balaban J connectivity index is 2.03. The Bertz CT molecular complexity index is 627. The number of aliphatic carboxylic acids is 1. The van der Waals surface area contributed by atoms with Gasteiger partial charge in [-0.05, 0) is 43.9 Å². The largest absolute Gasteiger partial charge is 0.481 e. The van der Waals surface area contributed by atoms with Crippen molar-refractivity contribution in [3.8, 4) is 0 Å². The molecule has 138 valence electrons. The minimum absolute atomic E-state index is 0.0295. The molecule has 3 unspecified atom stereocenters. The summed E-state index contributed by atoms with van der Waals surface area (Å²) in [4.78, 5) is 25.4. The van der Waals surface area contributed by atoms with Crippen LogP contribution in [0.2, 0.25) is 0 Å². The Labute approximate surface area is 144 Å². The number of carbonyl (C=O) groups excluding carboxylic acids is 1. The van der Waals surface area contributed by atoms with E-state index in [1.807, 2.05) is 6.92 Å². The van der Waals surface area contributed by atoms with Crippen LogP contribution in [0.15, 0.2) is 24.3 Å². The minimum Gasteiger partial charge on any atom is -0.481 e. The number of alkyl halides is 3. The first-order valence-corrected chi connectivity index (χ1v) is 8.29. The highest BCUT2D eigenvalue weighted by Gasteiger charge is 2.34. The minimum atomic E-state index is -4.38. The van der Waals surface area contributed by atoms with E-state index in [-0.39, 0.29) is 18.5 Å². The van der Waals surface area contributed by atoms with Gasteiger partial charge in [0.05, 0.1) is 11.5 Å². The molecule has 3 atom stereocenters. The van der Waals surface area contributed by atoms with E-state index >= 15 is 0 Å². The van der Waals surface area contributed by atoms with E-state index in [0.717, 1.165) is 12.1 Å². The van der Waals surface area contributed by atoms with Crippen molar-refractivity contribution in [3.63, 3.8) is 0 Å². The fourth-order valence-electron chi connectivity index (χ4n) is 3.17. The van der Waals surface area contributed by atoms with Crippen molar-refractivity contribution < 1.29 is 27.9 Å². The number of hydrogen-bond acceptors (Lipinski definition) is 2. The molecule has 0 aromatic heterocycles. The van der Waals surface area contributed by atoms with Crippen molar-refractivity contribution in [1.29, 1.82) is 0 Å². The van der Waals surface area contributed by atoms with Gasteiger partial charge in [-0.3, -0.25) is 9.59 Å². The number of piperidine rings is 1. The molecule has 0 radical (unpaired) electrons. The predicted octanol–water partition coefficient (Wildman–Crippen LogP) is 3.60. The van der Waals surface area contributed by atoms with Crippen LogP contribution in [0.25, 0.3) is 0 Å². The summed E-state index contributed by atoms with van der Waals surface area (Å²) in [6, 6.07) is 4.75. The molecule has 2 rings (SSSR count). The molecule has 0 aliphatic carbocycles. The van der Waals surface area contributed by atoms with E-state index < -0.39 is 29.5 Å². The van der Waals surface area contributed by atoms with Gasteiger partial charge >= 0.3 is 12.1 Å². The summed E-state index contributed by atoms with van der Waals surface area (Å²) in [7, 11) is 0. The van der Waals surface area contributed by atoms with Gasteiger partial charge in [0, 0.05) is 18.5 Å². The highest BCUT2D eigenvalue weighted by molar-refractivity contribution is 5.80. The Morgan fingerprint density at radius 1 is 1.24 bits per heavy atom. The smallest absolute Gasteiger partial charge is 0.416 e. The number of carbonyl (C=O) groups is 2. The van der Waals surface area contributed by atoms with Crippen LogP contribution in [0.3, 0.4) is 0 Å². The number of amides is 1. The first kappa shape index (κ1) is 19.3. The summed E-state index contributed by atoms with van der Waals surface area (Å²) >= 11 is 0. The zero-order valence-electron chi connectivity index (χ0n) is 14.2. The first-order chi connectivity index (χ1) is 11.6. The number of carboxylic acids is 1. The lowest BCUT2D eigenvalue weighted by Crippen LogP contribution is -2.49. The third-order valence-corrected chi connectivity index (χ3v) is 4.76. The molecule has 25 heavy (non-hydrogen) atoms. The summed E-state index contributed by atoms with van der Waals surface area (Å²) in [5.74, 6) is -2.04. The fourth-order valence-corrected chi connectivity index (χ4v) is 3.17. The number of likely N-dealkylation sites (tertiary alicyclic amines) is 1. The number of rotatable bonds is 4. The summed E-state index contributed by atoms with van der Waals surface area (Å²) in [6.45, 7) is 3.80. The van der Waals surface area contributed by atoms with E-state index in [1.165, 1.54) is 12.1 Å². The van der Waals surface area contributed by atoms with Crippen LogP contribution >= 0.6 is 0 Å². The molecular weight excluding hydrogens is 335 g/mol. The zero-order valence-corrected chi connectivity index (χ0v) is 14.2. The van der Waals surface area contributed by atoms with Crippen molar-refractivity contribution in [2.75, 3.05) is 6.54 Å². The fraction of sp³-hybridized carbons (Fsp3) is 0.556. The summed E-state index contributed by atoms with van der Waals surface area (Å²) in [5.41, 5.74) is -0.0718. The normalized spacial score (nSPS) is 22.5. The second-order valence-electron chi connectivity index (χ2n) is 6.75. The molecule has 0 saturated carbocycles. The van der Waals surface area contributed by atoms with Gasteiger partial charge < -0.3 is 10.0 Å². The molecule has 1 aliphatic heterocycles. The Morgan fingerprint density at radius 3 is 2.36 bits per heavy atom. The molecular formula is C18H22F3NO3. The summed E-state index contributed by atoms with van der Waals surface area (Å²) in [5, 5.41) is 9.16. The average molecular weight is 357 g/mol. The van der Waals surface area contributed by atoms with E-state index in [4.69, 9.17) is 5.11 Å². The van der Waals surface area contributed by atoms with Crippen molar-refractivity contribution in [1.82, 2.24) is 4.90 Å². The van der Waals surface area contributed by atoms with Crippen molar-refractivity contribution in [2.24, 2.45) is 11.8 Å². The van der Waals surface area contributed by atoms with Crippen LogP contribution in [-0.4, -0.2) is 34.5 Å². The van der Waals surface area contributed by atoms with E-state index in [2.05, 4.69) is 0 Å². The molecule has 0 bridgehead atoms. The Kier molecular flexibility index (Phi) is 5.75. The highest BCUT2D eigenvalue weighted by atomic mass is 19.4. The van der Waals surface area contributed by atoms with E-state index in [0.29, 0.717) is 24.8 Å². The maximum absolute atomic E-state index is 12.7. The van der Waals surface area contributed by atoms with Crippen LogP contribution in [0.5, 0.6) is 0 Å². The molecule has 7 heteroatoms. The number of nitrogens with zero attached hydrogens (tertiary/aromatic N) is 1. The Hall–Kier alpha value is -2.05. The lowest BCUT2D eigenvalue weighted by atomic mass is 9.91. The number of halogens is 3. The van der Waals surface area contributed by atoms with E-state index in [1.54, 1.807) is 11.8 Å². The molecule has 1 aliphatic rings. The molecule has 1 aromatic carbocycles. The van der Waals surface area contributed by atoms with Crippen molar-refractivity contribution >= 4 is 11.9 Å². The van der Waals surface area contributed by atoms with Crippen LogP contribution < -0.4 is 0 Å². The van der Waals surface area contributed by atoms with E-state index in [9.17, 15) is 22.8 Å². The SMILES string of the molecule is CC(Cc1ccc(C(F)(F)F)cc1)C(=O)N1CC(C(=O)O)CCC1C. The lowest BCUT2D eigenvalue weighted by Gasteiger charge is -2.38. The number of benzene rings is 1. The first-order valence-electron chi connectivity index (χ1n) is 8.29. The van der Waals surface area contributed by atoms with Gasteiger partial charge in [0.15, 0.2) is 0 Å². The standard InChI is InChI=1S/C18H22F3NO3/c1-11(9-13-4-7-15(8-5-13)18(19,20)21)16(23)22-10-14(17(24)25)6-3-12(22)2/h4-5,7-8,11-12,14H,3,6,9-10H2,1-2H3,(H,24,25). The second-order valence-corrected chi connectivity index (χ2v) is 6.75. The third kappa shape index (κ3) is 4.74. The molecule has 1 N–H and O–H groups in total. The van der Waals surface area contributed by atoms with Gasteiger partial charge in [-0.25, -0.2) is 0 Å². The molecule has 1 fully saturated rings. The topological polar surface area (TPSA) is 57.6 Å². The second kappa shape index (κ2) is 7.45. The third-order valence-electron chi connectivity index (χ3n) is 4.76. The molecule has 1 saturated heterocycles. The average Bonchev–Trinajstić information content (AvgIpc) is 2.54. The molecule has 1 aromatic rings. The highest BCUT2D eigenvalue weighted by Crippen LogP contribution is 2.30. The van der Waals surface area contributed by atoms with Gasteiger partial charge in [-0.2, -0.15) is 13.2 Å². The quantitative estimate of drug-likeness (QED) is 0.896. The van der Waals surface area contributed by atoms with Crippen LogP contribution in [0, 0.1) is 11.8 Å². The number of carboxylic acid groups (broad SMARTS) is 1. The van der Waals surface area contributed by atoms with Gasteiger partial charge in [-0.1, -0.05) is 19.1 Å². The predicted molar refractivity (Wildman–Crippen MR) is 85.8 cm³/mol. The molecule has 1 amide bonds.